The summed E-state index contributed by atoms with van der Waals surface area (Å²) in [5.74, 6) is -0.270. The number of nitrogens with one attached hydrogen (secondary N) is 2. The molecule has 1 aliphatic rings. The van der Waals surface area contributed by atoms with Gasteiger partial charge in [0.25, 0.3) is 0 Å². The van der Waals surface area contributed by atoms with E-state index in [0.29, 0.717) is 0 Å². The van der Waals surface area contributed by atoms with E-state index in [1.54, 1.807) is 0 Å². The third kappa shape index (κ3) is 6.50. The van der Waals surface area contributed by atoms with E-state index in [1.165, 1.54) is 0 Å². The molecule has 1 saturated heterocycles. The number of hydrogen-bond donors (Lipinski definition) is 3. The highest BCUT2D eigenvalue weighted by atomic mass is 35.5. The minimum Gasteiger partial charge on any atom is -0.368 e. The SMILES string of the molecule is CC(C)ON[C@@H]1CC[C@@H](C(N)=O)NC1.Cl.Cl. The number of amides is 1. The largest absolute Gasteiger partial charge is 0.368 e. The number of piperidine rings is 1. The zero-order valence-corrected chi connectivity index (χ0v) is 11.2. The van der Waals surface area contributed by atoms with Crippen molar-refractivity contribution in [3.8, 4) is 0 Å². The Balaban J connectivity index is 0. The lowest BCUT2D eigenvalue weighted by Gasteiger charge is -2.28. The lowest BCUT2D eigenvalue weighted by Crippen LogP contribution is -2.52. The molecule has 4 N–H and O–H groups in total. The Morgan fingerprint density at radius 3 is 2.44 bits per heavy atom. The smallest absolute Gasteiger partial charge is 0.234 e. The first-order valence-electron chi connectivity index (χ1n) is 5.03. The topological polar surface area (TPSA) is 76.4 Å². The van der Waals surface area contributed by atoms with Crippen molar-refractivity contribution in [2.75, 3.05) is 6.54 Å². The van der Waals surface area contributed by atoms with Crippen LogP contribution in [-0.4, -0.2) is 30.6 Å². The van der Waals surface area contributed by atoms with Crippen LogP contribution in [0.4, 0.5) is 0 Å². The van der Waals surface area contributed by atoms with Crippen LogP contribution in [0.1, 0.15) is 26.7 Å². The summed E-state index contributed by atoms with van der Waals surface area (Å²) in [6.45, 7) is 4.66. The van der Waals surface area contributed by atoms with Gasteiger partial charge in [0.1, 0.15) is 0 Å². The normalized spacial score (nSPS) is 24.4. The van der Waals surface area contributed by atoms with Gasteiger partial charge in [0.15, 0.2) is 0 Å². The molecule has 1 aliphatic heterocycles. The van der Waals surface area contributed by atoms with E-state index in [0.717, 1.165) is 19.4 Å². The molecule has 16 heavy (non-hydrogen) atoms. The molecule has 1 fully saturated rings. The molecule has 1 rings (SSSR count). The van der Waals surface area contributed by atoms with Crippen molar-refractivity contribution in [3.63, 3.8) is 0 Å². The quantitative estimate of drug-likeness (QED) is 0.647. The van der Waals surface area contributed by atoms with E-state index in [9.17, 15) is 4.79 Å². The van der Waals surface area contributed by atoms with Crippen LogP contribution in [0.3, 0.4) is 0 Å². The standard InChI is InChI=1S/C9H19N3O2.2ClH/c1-6(2)14-12-7-3-4-8(9(10)13)11-5-7;;/h6-8,11-12H,3-5H2,1-2H3,(H2,10,13);2*1H/t7-,8+;;/m1../s1. The van der Waals surface area contributed by atoms with Gasteiger partial charge >= 0.3 is 0 Å². The summed E-state index contributed by atoms with van der Waals surface area (Å²) in [5, 5.41) is 3.08. The number of hydroxylamine groups is 1. The summed E-state index contributed by atoms with van der Waals surface area (Å²) in [6.07, 6.45) is 1.85. The monoisotopic (exact) mass is 273 g/mol. The average Bonchev–Trinajstić information content (AvgIpc) is 2.15. The molecule has 0 aromatic rings. The molecule has 0 aromatic carbocycles. The highest BCUT2D eigenvalue weighted by Crippen LogP contribution is 2.07. The molecular weight excluding hydrogens is 253 g/mol. The van der Waals surface area contributed by atoms with Gasteiger partial charge in [0.05, 0.1) is 12.1 Å². The van der Waals surface area contributed by atoms with Crippen LogP contribution in [-0.2, 0) is 9.63 Å². The summed E-state index contributed by atoms with van der Waals surface area (Å²) in [4.78, 5) is 16.1. The number of carbonyl (C=O) groups excluding carboxylic acids is 1. The second-order valence-electron chi connectivity index (χ2n) is 3.92. The second-order valence-corrected chi connectivity index (χ2v) is 3.92. The number of halogens is 2. The van der Waals surface area contributed by atoms with E-state index in [-0.39, 0.29) is 48.9 Å². The summed E-state index contributed by atoms with van der Waals surface area (Å²) >= 11 is 0. The van der Waals surface area contributed by atoms with E-state index < -0.39 is 0 Å². The Kier molecular flexibility index (Phi) is 10.3. The van der Waals surface area contributed by atoms with Crippen LogP contribution in [0, 0.1) is 0 Å². The van der Waals surface area contributed by atoms with Crippen LogP contribution >= 0.6 is 24.8 Å². The van der Waals surface area contributed by atoms with Crippen LogP contribution in [0.15, 0.2) is 0 Å². The molecule has 0 bridgehead atoms. The maximum absolute atomic E-state index is 10.8. The van der Waals surface area contributed by atoms with Gasteiger partial charge in [-0.25, -0.2) is 0 Å². The Bertz CT molecular complexity index is 197. The number of primary amides is 1. The second kappa shape index (κ2) is 9.01. The maximum atomic E-state index is 10.8. The average molecular weight is 274 g/mol. The van der Waals surface area contributed by atoms with Gasteiger partial charge in [-0.1, -0.05) is 0 Å². The molecule has 0 aromatic heterocycles. The summed E-state index contributed by atoms with van der Waals surface area (Å²) in [5.41, 5.74) is 8.15. The fraction of sp³-hybridized carbons (Fsp3) is 0.889. The summed E-state index contributed by atoms with van der Waals surface area (Å²) < 4.78 is 0. The first kappa shape index (κ1) is 18.3. The van der Waals surface area contributed by atoms with Crippen molar-refractivity contribution < 1.29 is 9.63 Å². The summed E-state index contributed by atoms with van der Waals surface area (Å²) in [7, 11) is 0. The van der Waals surface area contributed by atoms with E-state index in [4.69, 9.17) is 10.6 Å². The molecule has 2 atom stereocenters. The molecule has 0 saturated carbocycles. The van der Waals surface area contributed by atoms with Gasteiger partial charge in [-0.3, -0.25) is 9.63 Å². The lowest BCUT2D eigenvalue weighted by molar-refractivity contribution is -0.121. The molecule has 98 valence electrons. The molecule has 7 heteroatoms. The lowest BCUT2D eigenvalue weighted by atomic mass is 10.0. The van der Waals surface area contributed by atoms with E-state index in [2.05, 4.69) is 10.8 Å². The third-order valence-electron chi connectivity index (χ3n) is 2.23. The fourth-order valence-corrected chi connectivity index (χ4v) is 1.43. The molecule has 0 radical (unpaired) electrons. The number of rotatable bonds is 4. The number of carbonyl (C=O) groups is 1. The van der Waals surface area contributed by atoms with Crippen molar-refractivity contribution in [2.45, 2.75) is 44.9 Å². The Hall–Kier alpha value is -0.0700. The highest BCUT2D eigenvalue weighted by Gasteiger charge is 2.23. The maximum Gasteiger partial charge on any atom is 0.234 e. The molecule has 0 spiro atoms. The van der Waals surface area contributed by atoms with Gasteiger partial charge in [0.2, 0.25) is 5.91 Å². The first-order valence-corrected chi connectivity index (χ1v) is 5.03. The first-order chi connectivity index (χ1) is 6.59. The zero-order valence-electron chi connectivity index (χ0n) is 9.56. The molecule has 1 heterocycles. The molecule has 5 nitrogen and oxygen atoms in total. The number of nitrogens with two attached hydrogens (primary N) is 1. The Morgan fingerprint density at radius 2 is 2.06 bits per heavy atom. The van der Waals surface area contributed by atoms with Crippen molar-refractivity contribution in [1.29, 1.82) is 0 Å². The highest BCUT2D eigenvalue weighted by molar-refractivity contribution is 5.85. The molecule has 1 amide bonds. The van der Waals surface area contributed by atoms with Crippen molar-refractivity contribution in [2.24, 2.45) is 5.73 Å². The molecule has 0 aliphatic carbocycles. The van der Waals surface area contributed by atoms with E-state index in [1.807, 2.05) is 13.8 Å². The van der Waals surface area contributed by atoms with Gasteiger partial charge < -0.3 is 11.1 Å². The van der Waals surface area contributed by atoms with Gasteiger partial charge in [-0.15, -0.1) is 24.8 Å². The van der Waals surface area contributed by atoms with Crippen LogP contribution < -0.4 is 16.5 Å². The molecular formula is C9H21Cl2N3O2. The van der Waals surface area contributed by atoms with Crippen LogP contribution in [0.5, 0.6) is 0 Å². The van der Waals surface area contributed by atoms with Crippen molar-refractivity contribution in [1.82, 2.24) is 10.8 Å². The number of hydrogen-bond acceptors (Lipinski definition) is 4. The van der Waals surface area contributed by atoms with Gasteiger partial charge in [-0.2, -0.15) is 5.48 Å². The zero-order chi connectivity index (χ0) is 10.6. The van der Waals surface area contributed by atoms with Gasteiger partial charge in [-0.05, 0) is 26.7 Å². The minimum absolute atomic E-state index is 0. The Morgan fingerprint density at radius 1 is 1.44 bits per heavy atom. The van der Waals surface area contributed by atoms with Crippen LogP contribution in [0.25, 0.3) is 0 Å². The third-order valence-corrected chi connectivity index (χ3v) is 2.23. The van der Waals surface area contributed by atoms with Crippen molar-refractivity contribution >= 4 is 30.7 Å². The predicted octanol–water partition coefficient (Wildman–Crippen LogP) is 0.365. The predicted molar refractivity (Wildman–Crippen MR) is 67.9 cm³/mol. The minimum atomic E-state index is -0.270. The van der Waals surface area contributed by atoms with Crippen molar-refractivity contribution in [3.05, 3.63) is 0 Å². The van der Waals surface area contributed by atoms with E-state index >= 15 is 0 Å². The molecule has 0 unspecified atom stereocenters. The van der Waals surface area contributed by atoms with Gasteiger partial charge in [0, 0.05) is 12.6 Å². The summed E-state index contributed by atoms with van der Waals surface area (Å²) in [6, 6.07) is 0.0973. The van der Waals surface area contributed by atoms with Crippen LogP contribution in [0.2, 0.25) is 0 Å². The Labute approximate surface area is 109 Å². The fourth-order valence-electron chi connectivity index (χ4n) is 1.43.